The maximum absolute atomic E-state index is 5.22. The lowest BCUT2D eigenvalue weighted by Crippen LogP contribution is -2.19. The van der Waals surface area contributed by atoms with Crippen molar-refractivity contribution in [2.75, 3.05) is 37.8 Å². The van der Waals surface area contributed by atoms with Gasteiger partial charge in [-0.15, -0.1) is 6.58 Å². The molecular formula is C10H21NOS. The van der Waals surface area contributed by atoms with E-state index in [0.717, 1.165) is 38.5 Å². The van der Waals surface area contributed by atoms with Gasteiger partial charge in [0.25, 0.3) is 0 Å². The fourth-order valence-corrected chi connectivity index (χ4v) is 1.50. The van der Waals surface area contributed by atoms with Crippen molar-refractivity contribution in [2.45, 2.75) is 13.3 Å². The average molecular weight is 203 g/mol. The molecule has 0 aliphatic carbocycles. The summed E-state index contributed by atoms with van der Waals surface area (Å²) in [5.41, 5.74) is 0. The third-order valence-electron chi connectivity index (χ3n) is 1.51. The van der Waals surface area contributed by atoms with Crippen molar-refractivity contribution in [1.82, 2.24) is 5.32 Å². The largest absolute Gasteiger partial charge is 0.382 e. The summed E-state index contributed by atoms with van der Waals surface area (Å²) in [5.74, 6) is 2.22. The molecule has 2 nitrogen and oxygen atoms in total. The molecule has 0 spiro atoms. The first-order chi connectivity index (χ1) is 6.41. The molecule has 0 heterocycles. The van der Waals surface area contributed by atoms with E-state index < -0.39 is 0 Å². The molecule has 0 aromatic carbocycles. The van der Waals surface area contributed by atoms with Crippen LogP contribution in [0.4, 0.5) is 0 Å². The van der Waals surface area contributed by atoms with Gasteiger partial charge in [-0.05, 0) is 19.9 Å². The maximum atomic E-state index is 5.22. The summed E-state index contributed by atoms with van der Waals surface area (Å²) in [6.45, 7) is 9.56. The van der Waals surface area contributed by atoms with Crippen molar-refractivity contribution in [1.29, 1.82) is 0 Å². The Bertz CT molecular complexity index is 109. The minimum atomic E-state index is 0.829. The van der Waals surface area contributed by atoms with Crippen LogP contribution in [-0.4, -0.2) is 37.8 Å². The first-order valence-electron chi connectivity index (χ1n) is 4.89. The number of ether oxygens (including phenoxy) is 1. The van der Waals surface area contributed by atoms with Crippen LogP contribution in [-0.2, 0) is 4.74 Å². The van der Waals surface area contributed by atoms with Crippen molar-refractivity contribution < 1.29 is 4.74 Å². The highest BCUT2D eigenvalue weighted by atomic mass is 32.2. The van der Waals surface area contributed by atoms with Gasteiger partial charge in [0, 0.05) is 31.3 Å². The van der Waals surface area contributed by atoms with Crippen molar-refractivity contribution in [3.8, 4) is 0 Å². The molecule has 0 fully saturated rings. The van der Waals surface area contributed by atoms with E-state index >= 15 is 0 Å². The zero-order chi connectivity index (χ0) is 9.78. The van der Waals surface area contributed by atoms with E-state index in [0.29, 0.717) is 0 Å². The molecular weight excluding hydrogens is 182 g/mol. The van der Waals surface area contributed by atoms with Crippen LogP contribution >= 0.6 is 11.8 Å². The van der Waals surface area contributed by atoms with Gasteiger partial charge < -0.3 is 10.1 Å². The van der Waals surface area contributed by atoms with Crippen LogP contribution in [0.15, 0.2) is 12.7 Å². The first-order valence-corrected chi connectivity index (χ1v) is 6.04. The van der Waals surface area contributed by atoms with E-state index in [1.807, 2.05) is 24.8 Å². The van der Waals surface area contributed by atoms with Gasteiger partial charge in [-0.3, -0.25) is 0 Å². The van der Waals surface area contributed by atoms with Crippen LogP contribution in [0, 0.1) is 0 Å². The Morgan fingerprint density at radius 3 is 3.00 bits per heavy atom. The molecule has 3 heteroatoms. The van der Waals surface area contributed by atoms with E-state index in [9.17, 15) is 0 Å². The van der Waals surface area contributed by atoms with Gasteiger partial charge in [-0.1, -0.05) is 6.08 Å². The lowest BCUT2D eigenvalue weighted by atomic mass is 10.4. The predicted molar refractivity (Wildman–Crippen MR) is 61.5 cm³/mol. The second kappa shape index (κ2) is 12.0. The van der Waals surface area contributed by atoms with Crippen LogP contribution in [0.1, 0.15) is 13.3 Å². The summed E-state index contributed by atoms with van der Waals surface area (Å²) >= 11 is 1.91. The molecule has 13 heavy (non-hydrogen) atoms. The van der Waals surface area contributed by atoms with Crippen molar-refractivity contribution in [3.05, 3.63) is 12.7 Å². The molecule has 0 aromatic rings. The van der Waals surface area contributed by atoms with Gasteiger partial charge in [0.2, 0.25) is 0 Å². The SMILES string of the molecule is C=CCSCCNCCCOCC. The Morgan fingerprint density at radius 2 is 2.31 bits per heavy atom. The van der Waals surface area contributed by atoms with Gasteiger partial charge in [-0.2, -0.15) is 11.8 Å². The molecule has 0 saturated heterocycles. The van der Waals surface area contributed by atoms with Crippen molar-refractivity contribution in [2.24, 2.45) is 0 Å². The van der Waals surface area contributed by atoms with Crippen LogP contribution in [0.3, 0.4) is 0 Å². The average Bonchev–Trinajstić information content (AvgIpc) is 2.16. The standard InChI is InChI=1S/C10H21NOS/c1-3-9-13-10-7-11-6-5-8-12-4-2/h3,11H,1,4-10H2,2H3. The highest BCUT2D eigenvalue weighted by molar-refractivity contribution is 7.99. The molecule has 0 amide bonds. The lowest BCUT2D eigenvalue weighted by Gasteiger charge is -2.03. The molecule has 78 valence electrons. The van der Waals surface area contributed by atoms with Gasteiger partial charge >= 0.3 is 0 Å². The minimum absolute atomic E-state index is 0.829. The second-order valence-electron chi connectivity index (χ2n) is 2.66. The number of thioether (sulfide) groups is 1. The number of hydrogen-bond donors (Lipinski definition) is 1. The predicted octanol–water partition coefficient (Wildman–Crippen LogP) is 1.92. The number of nitrogens with one attached hydrogen (secondary N) is 1. The molecule has 0 radical (unpaired) electrons. The normalized spacial score (nSPS) is 10.2. The minimum Gasteiger partial charge on any atom is -0.382 e. The highest BCUT2D eigenvalue weighted by Gasteiger charge is 1.88. The first kappa shape index (κ1) is 13.0. The summed E-state index contributed by atoms with van der Waals surface area (Å²) in [6, 6.07) is 0. The molecule has 0 bridgehead atoms. The van der Waals surface area contributed by atoms with Gasteiger partial charge in [0.15, 0.2) is 0 Å². The number of rotatable bonds is 10. The maximum Gasteiger partial charge on any atom is 0.0477 e. The van der Waals surface area contributed by atoms with Crippen molar-refractivity contribution in [3.63, 3.8) is 0 Å². The molecule has 0 aliphatic heterocycles. The zero-order valence-electron chi connectivity index (χ0n) is 8.55. The smallest absolute Gasteiger partial charge is 0.0477 e. The summed E-state index contributed by atoms with van der Waals surface area (Å²) in [6.07, 6.45) is 3.06. The van der Waals surface area contributed by atoms with E-state index in [1.54, 1.807) is 0 Å². The molecule has 0 unspecified atom stereocenters. The van der Waals surface area contributed by atoms with Gasteiger partial charge in [0.1, 0.15) is 0 Å². The Balaban J connectivity index is 2.79. The van der Waals surface area contributed by atoms with E-state index in [-0.39, 0.29) is 0 Å². The third-order valence-corrected chi connectivity index (χ3v) is 2.47. The summed E-state index contributed by atoms with van der Waals surface area (Å²) in [5, 5.41) is 3.37. The van der Waals surface area contributed by atoms with Gasteiger partial charge in [-0.25, -0.2) is 0 Å². The molecule has 0 aliphatic rings. The molecule has 0 atom stereocenters. The van der Waals surface area contributed by atoms with Crippen LogP contribution in [0.5, 0.6) is 0 Å². The highest BCUT2D eigenvalue weighted by Crippen LogP contribution is 1.96. The van der Waals surface area contributed by atoms with Crippen LogP contribution in [0.25, 0.3) is 0 Å². The number of hydrogen-bond acceptors (Lipinski definition) is 3. The van der Waals surface area contributed by atoms with E-state index in [2.05, 4.69) is 11.9 Å². The third kappa shape index (κ3) is 12.0. The molecule has 0 saturated carbocycles. The molecule has 1 N–H and O–H groups in total. The lowest BCUT2D eigenvalue weighted by molar-refractivity contribution is 0.145. The Hall–Kier alpha value is 0.01000. The fourth-order valence-electron chi connectivity index (χ4n) is 0.880. The Kier molecular flexibility index (Phi) is 12.0. The Labute approximate surface area is 86.1 Å². The van der Waals surface area contributed by atoms with Crippen LogP contribution < -0.4 is 5.32 Å². The van der Waals surface area contributed by atoms with Crippen LogP contribution in [0.2, 0.25) is 0 Å². The van der Waals surface area contributed by atoms with Crippen molar-refractivity contribution >= 4 is 11.8 Å². The second-order valence-corrected chi connectivity index (χ2v) is 3.81. The topological polar surface area (TPSA) is 21.3 Å². The summed E-state index contributed by atoms with van der Waals surface area (Å²) in [7, 11) is 0. The Morgan fingerprint density at radius 1 is 1.46 bits per heavy atom. The summed E-state index contributed by atoms with van der Waals surface area (Å²) in [4.78, 5) is 0. The molecule has 0 aromatic heterocycles. The van der Waals surface area contributed by atoms with Gasteiger partial charge in [0.05, 0.1) is 0 Å². The quantitative estimate of drug-likeness (QED) is 0.433. The van der Waals surface area contributed by atoms with E-state index in [1.165, 1.54) is 5.75 Å². The fraction of sp³-hybridized carbons (Fsp3) is 0.800. The zero-order valence-corrected chi connectivity index (χ0v) is 9.37. The summed E-state index contributed by atoms with van der Waals surface area (Å²) < 4.78 is 5.22. The van der Waals surface area contributed by atoms with E-state index in [4.69, 9.17) is 4.74 Å². The monoisotopic (exact) mass is 203 g/mol. The molecule has 0 rings (SSSR count).